The maximum Gasteiger partial charge on any atom is 0.260 e. The molecule has 0 atom stereocenters. The van der Waals surface area contributed by atoms with Crippen molar-refractivity contribution in [3.63, 3.8) is 0 Å². The zero-order chi connectivity index (χ0) is 19.6. The first-order valence-corrected chi connectivity index (χ1v) is 9.76. The molecular weight excluding hydrogens is 382 g/mol. The van der Waals surface area contributed by atoms with Crippen molar-refractivity contribution < 1.29 is 9.53 Å². The average Bonchev–Trinajstić information content (AvgIpc) is 3.08. The molecule has 3 aromatic rings. The van der Waals surface area contributed by atoms with Crippen LogP contribution in [0.5, 0.6) is 5.75 Å². The van der Waals surface area contributed by atoms with Gasteiger partial charge in [0.15, 0.2) is 5.13 Å². The first kappa shape index (κ1) is 19.6. The van der Waals surface area contributed by atoms with Crippen LogP contribution in [-0.2, 0) is 0 Å². The first-order valence-electron chi connectivity index (χ1n) is 8.57. The van der Waals surface area contributed by atoms with Crippen molar-refractivity contribution in [2.75, 3.05) is 39.2 Å². The summed E-state index contributed by atoms with van der Waals surface area (Å²) in [5.41, 5.74) is 2.37. The highest BCUT2D eigenvalue weighted by atomic mass is 35.5. The summed E-state index contributed by atoms with van der Waals surface area (Å²) in [6.07, 6.45) is 0. The number of halogens is 1. The Bertz CT molecular complexity index is 971. The van der Waals surface area contributed by atoms with E-state index < -0.39 is 0 Å². The number of methoxy groups -OCH3 is 1. The molecule has 0 aliphatic heterocycles. The number of aromatic nitrogens is 1. The molecule has 1 aromatic heterocycles. The van der Waals surface area contributed by atoms with Crippen LogP contribution in [0.2, 0.25) is 5.02 Å². The van der Waals surface area contributed by atoms with E-state index in [-0.39, 0.29) is 5.91 Å². The lowest BCUT2D eigenvalue weighted by Gasteiger charge is -2.22. The van der Waals surface area contributed by atoms with Crippen LogP contribution in [0.25, 0.3) is 10.2 Å². The van der Waals surface area contributed by atoms with E-state index in [2.05, 4.69) is 4.98 Å². The van der Waals surface area contributed by atoms with Crippen molar-refractivity contribution in [2.45, 2.75) is 6.92 Å². The largest absolute Gasteiger partial charge is 0.494 e. The van der Waals surface area contributed by atoms with Gasteiger partial charge in [0.1, 0.15) is 11.3 Å². The summed E-state index contributed by atoms with van der Waals surface area (Å²) in [6, 6.07) is 11.2. The Morgan fingerprint density at radius 3 is 2.67 bits per heavy atom. The van der Waals surface area contributed by atoms with Gasteiger partial charge in [-0.25, -0.2) is 4.98 Å². The summed E-state index contributed by atoms with van der Waals surface area (Å²) >= 11 is 7.76. The van der Waals surface area contributed by atoms with Crippen molar-refractivity contribution in [3.05, 3.63) is 52.5 Å². The molecule has 0 radical (unpaired) electrons. The predicted molar refractivity (Wildman–Crippen MR) is 113 cm³/mol. The van der Waals surface area contributed by atoms with E-state index in [0.29, 0.717) is 33.5 Å². The smallest absolute Gasteiger partial charge is 0.260 e. The Balaban J connectivity index is 2.06. The SMILES string of the molecule is COc1ccc(Cl)c2sc(N(CCN(C)C)C(=O)c3cccc(C)c3)nc12. The van der Waals surface area contributed by atoms with Crippen molar-refractivity contribution in [1.29, 1.82) is 0 Å². The van der Waals surface area contributed by atoms with Crippen molar-refractivity contribution >= 4 is 44.2 Å². The van der Waals surface area contributed by atoms with Crippen molar-refractivity contribution in [1.82, 2.24) is 9.88 Å². The summed E-state index contributed by atoms with van der Waals surface area (Å²) in [5.74, 6) is 0.571. The number of thiazole rings is 1. The van der Waals surface area contributed by atoms with Gasteiger partial charge in [-0.1, -0.05) is 40.6 Å². The van der Waals surface area contributed by atoms with Crippen molar-refractivity contribution in [2.24, 2.45) is 0 Å². The van der Waals surface area contributed by atoms with E-state index in [9.17, 15) is 4.79 Å². The molecule has 5 nitrogen and oxygen atoms in total. The molecule has 0 spiro atoms. The van der Waals surface area contributed by atoms with E-state index >= 15 is 0 Å². The van der Waals surface area contributed by atoms with Crippen LogP contribution in [0.1, 0.15) is 15.9 Å². The molecule has 7 heteroatoms. The lowest BCUT2D eigenvalue weighted by molar-refractivity contribution is 0.0985. The minimum Gasteiger partial charge on any atom is -0.494 e. The number of hydrogen-bond donors (Lipinski definition) is 0. The second-order valence-electron chi connectivity index (χ2n) is 6.55. The molecule has 3 rings (SSSR count). The Hall–Kier alpha value is -2.15. The topological polar surface area (TPSA) is 45.7 Å². The standard InChI is InChI=1S/C20H22ClN3O2S/c1-13-6-5-7-14(12-13)19(25)24(11-10-23(2)3)20-22-17-16(26-4)9-8-15(21)18(17)27-20/h5-9,12H,10-11H2,1-4H3. The third kappa shape index (κ3) is 4.24. The van der Waals surface area contributed by atoms with E-state index in [1.54, 1.807) is 24.1 Å². The molecule has 0 saturated heterocycles. The fourth-order valence-corrected chi connectivity index (χ4v) is 4.02. The summed E-state index contributed by atoms with van der Waals surface area (Å²) in [6.45, 7) is 3.22. The lowest BCUT2D eigenvalue weighted by Crippen LogP contribution is -2.36. The van der Waals surface area contributed by atoms with Crippen LogP contribution in [-0.4, -0.2) is 50.1 Å². The monoisotopic (exact) mass is 403 g/mol. The normalized spacial score (nSPS) is 11.2. The molecule has 0 bridgehead atoms. The van der Waals surface area contributed by atoms with Crippen LogP contribution < -0.4 is 9.64 Å². The number of anilines is 1. The van der Waals surface area contributed by atoms with Crippen LogP contribution >= 0.6 is 22.9 Å². The van der Waals surface area contributed by atoms with Gasteiger partial charge in [-0.3, -0.25) is 9.69 Å². The van der Waals surface area contributed by atoms with Crippen LogP contribution in [0.4, 0.5) is 5.13 Å². The molecule has 0 aliphatic rings. The Morgan fingerprint density at radius 1 is 1.22 bits per heavy atom. The fraction of sp³-hybridized carbons (Fsp3) is 0.300. The number of likely N-dealkylation sites (N-methyl/N-ethyl adjacent to an activating group) is 1. The number of nitrogens with zero attached hydrogens (tertiary/aromatic N) is 3. The van der Waals surface area contributed by atoms with E-state index in [1.807, 2.05) is 50.2 Å². The van der Waals surface area contributed by atoms with E-state index in [1.165, 1.54) is 11.3 Å². The molecule has 0 fully saturated rings. The highest BCUT2D eigenvalue weighted by molar-refractivity contribution is 7.23. The van der Waals surface area contributed by atoms with Crippen LogP contribution in [0.3, 0.4) is 0 Å². The van der Waals surface area contributed by atoms with Gasteiger partial charge in [0.25, 0.3) is 5.91 Å². The molecule has 27 heavy (non-hydrogen) atoms. The first-order chi connectivity index (χ1) is 12.9. The summed E-state index contributed by atoms with van der Waals surface area (Å²) in [7, 11) is 5.56. The van der Waals surface area contributed by atoms with Gasteiger partial charge in [-0.15, -0.1) is 0 Å². The summed E-state index contributed by atoms with van der Waals surface area (Å²) < 4.78 is 6.23. The second-order valence-corrected chi connectivity index (χ2v) is 7.94. The minimum atomic E-state index is -0.0744. The highest BCUT2D eigenvalue weighted by Gasteiger charge is 2.23. The number of carbonyl (C=O) groups is 1. The molecule has 142 valence electrons. The van der Waals surface area contributed by atoms with Gasteiger partial charge in [0.2, 0.25) is 0 Å². The molecule has 0 unspecified atom stereocenters. The maximum absolute atomic E-state index is 13.2. The maximum atomic E-state index is 13.2. The summed E-state index contributed by atoms with van der Waals surface area (Å²) in [5, 5.41) is 1.22. The number of ether oxygens (including phenoxy) is 1. The Labute approximate surface area is 168 Å². The van der Waals surface area contributed by atoms with Gasteiger partial charge in [0, 0.05) is 18.7 Å². The van der Waals surface area contributed by atoms with Gasteiger partial charge in [0.05, 0.1) is 16.8 Å². The number of hydrogen-bond acceptors (Lipinski definition) is 5. The zero-order valence-corrected chi connectivity index (χ0v) is 17.4. The molecule has 0 N–H and O–H groups in total. The quantitative estimate of drug-likeness (QED) is 0.609. The van der Waals surface area contributed by atoms with Crippen molar-refractivity contribution in [3.8, 4) is 5.75 Å². The molecule has 0 aliphatic carbocycles. The number of aryl methyl sites for hydroxylation is 1. The van der Waals surface area contributed by atoms with Gasteiger partial charge < -0.3 is 9.64 Å². The molecule has 0 saturated carbocycles. The molecule has 2 aromatic carbocycles. The van der Waals surface area contributed by atoms with E-state index in [0.717, 1.165) is 16.8 Å². The fourth-order valence-electron chi connectivity index (χ4n) is 2.74. The third-order valence-electron chi connectivity index (χ3n) is 4.18. The molecule has 1 amide bonds. The Kier molecular flexibility index (Phi) is 5.99. The van der Waals surface area contributed by atoms with Gasteiger partial charge >= 0.3 is 0 Å². The van der Waals surface area contributed by atoms with Gasteiger partial charge in [-0.05, 0) is 45.3 Å². The van der Waals surface area contributed by atoms with Crippen LogP contribution in [0, 0.1) is 6.92 Å². The minimum absolute atomic E-state index is 0.0744. The highest BCUT2D eigenvalue weighted by Crippen LogP contribution is 2.39. The molecular formula is C20H22ClN3O2S. The second kappa shape index (κ2) is 8.25. The number of benzene rings is 2. The van der Waals surface area contributed by atoms with Crippen LogP contribution in [0.15, 0.2) is 36.4 Å². The predicted octanol–water partition coefficient (Wildman–Crippen LogP) is 4.48. The number of rotatable bonds is 6. The van der Waals surface area contributed by atoms with E-state index in [4.69, 9.17) is 16.3 Å². The Morgan fingerprint density at radius 2 is 2.00 bits per heavy atom. The molecule has 1 heterocycles. The number of carbonyl (C=O) groups excluding carboxylic acids is 1. The third-order valence-corrected chi connectivity index (χ3v) is 5.72. The number of amides is 1. The average molecular weight is 404 g/mol. The van der Waals surface area contributed by atoms with Gasteiger partial charge in [-0.2, -0.15) is 0 Å². The zero-order valence-electron chi connectivity index (χ0n) is 15.8. The lowest BCUT2D eigenvalue weighted by atomic mass is 10.1. The number of fused-ring (bicyclic) bond motifs is 1. The summed E-state index contributed by atoms with van der Waals surface area (Å²) in [4.78, 5) is 21.7.